The topological polar surface area (TPSA) is 57.6 Å². The monoisotopic (exact) mass is 439 g/mol. The molecule has 33 heavy (non-hydrogen) atoms. The van der Waals surface area contributed by atoms with E-state index in [0.717, 1.165) is 47.5 Å². The van der Waals surface area contributed by atoms with Gasteiger partial charge >= 0.3 is 0 Å². The van der Waals surface area contributed by atoms with Crippen molar-refractivity contribution in [2.24, 2.45) is 5.92 Å². The van der Waals surface area contributed by atoms with Crippen LogP contribution in [0.4, 0.5) is 11.4 Å². The number of methoxy groups -OCH3 is 1. The second kappa shape index (κ2) is 9.51. The molecule has 0 amide bonds. The number of anilines is 2. The third-order valence-corrected chi connectivity index (χ3v) is 6.57. The first-order valence-corrected chi connectivity index (χ1v) is 11.4. The summed E-state index contributed by atoms with van der Waals surface area (Å²) in [5.74, 6) is 0.870. The van der Waals surface area contributed by atoms with Crippen LogP contribution in [0.2, 0.25) is 0 Å². The van der Waals surface area contributed by atoms with Gasteiger partial charge in [0.15, 0.2) is 0 Å². The molecule has 1 saturated heterocycles. The van der Waals surface area contributed by atoms with Crippen LogP contribution in [0.25, 0.3) is 10.9 Å². The summed E-state index contributed by atoms with van der Waals surface area (Å²) in [6, 6.07) is 28.8. The van der Waals surface area contributed by atoms with Gasteiger partial charge in [-0.25, -0.2) is 0 Å². The molecule has 5 heteroatoms. The summed E-state index contributed by atoms with van der Waals surface area (Å²) in [6.07, 6.45) is 2.15. The van der Waals surface area contributed by atoms with Crippen molar-refractivity contribution in [1.82, 2.24) is 4.98 Å². The zero-order valence-electron chi connectivity index (χ0n) is 18.8. The summed E-state index contributed by atoms with van der Waals surface area (Å²) < 4.78 is 5.31. The Balaban J connectivity index is 1.45. The summed E-state index contributed by atoms with van der Waals surface area (Å²) >= 11 is 0. The van der Waals surface area contributed by atoms with Gasteiger partial charge in [-0.3, -0.25) is 4.98 Å². The number of aliphatic hydroxyl groups is 1. The molecule has 0 aliphatic carbocycles. The average molecular weight is 440 g/mol. The van der Waals surface area contributed by atoms with Crippen LogP contribution in [-0.4, -0.2) is 36.4 Å². The summed E-state index contributed by atoms with van der Waals surface area (Å²) in [4.78, 5) is 6.79. The fraction of sp³-hybridized carbons (Fsp3) is 0.250. The molecule has 0 unspecified atom stereocenters. The number of benzene rings is 3. The number of fused-ring (bicyclic) bond motifs is 1. The second-order valence-corrected chi connectivity index (χ2v) is 8.61. The van der Waals surface area contributed by atoms with Crippen molar-refractivity contribution in [3.63, 3.8) is 0 Å². The van der Waals surface area contributed by atoms with Crippen LogP contribution in [0.5, 0.6) is 5.75 Å². The largest absolute Gasteiger partial charge is 0.497 e. The first kappa shape index (κ1) is 21.3. The minimum Gasteiger partial charge on any atom is -0.497 e. The zero-order chi connectivity index (χ0) is 22.6. The smallest absolute Gasteiger partial charge is 0.119 e. The first-order valence-electron chi connectivity index (χ1n) is 11.4. The lowest BCUT2D eigenvalue weighted by atomic mass is 9.83. The highest BCUT2D eigenvalue weighted by molar-refractivity contribution is 5.82. The van der Waals surface area contributed by atoms with Crippen LogP contribution >= 0.6 is 0 Å². The van der Waals surface area contributed by atoms with Crippen molar-refractivity contribution in [2.75, 3.05) is 30.4 Å². The normalized spacial score (nSPS) is 19.3. The molecule has 0 bridgehead atoms. The Kier molecular flexibility index (Phi) is 6.13. The Morgan fingerprint density at radius 3 is 2.61 bits per heavy atom. The van der Waals surface area contributed by atoms with Crippen molar-refractivity contribution in [3.05, 3.63) is 96.7 Å². The fourth-order valence-electron chi connectivity index (χ4n) is 4.77. The molecule has 1 aliphatic heterocycles. The highest BCUT2D eigenvalue weighted by atomic mass is 16.5. The van der Waals surface area contributed by atoms with Gasteiger partial charge in [0.1, 0.15) is 5.75 Å². The van der Waals surface area contributed by atoms with Crippen LogP contribution in [0.15, 0.2) is 91.1 Å². The van der Waals surface area contributed by atoms with E-state index in [1.807, 2.05) is 36.5 Å². The summed E-state index contributed by atoms with van der Waals surface area (Å²) in [5, 5.41) is 15.9. The van der Waals surface area contributed by atoms with E-state index in [4.69, 9.17) is 4.74 Å². The van der Waals surface area contributed by atoms with E-state index in [9.17, 15) is 5.11 Å². The van der Waals surface area contributed by atoms with Crippen LogP contribution in [-0.2, 0) is 0 Å². The Hall–Kier alpha value is -3.57. The van der Waals surface area contributed by atoms with E-state index in [-0.39, 0.29) is 18.1 Å². The molecule has 1 aliphatic rings. The van der Waals surface area contributed by atoms with Gasteiger partial charge < -0.3 is 20.1 Å². The number of hydrogen-bond acceptors (Lipinski definition) is 5. The molecule has 3 atom stereocenters. The summed E-state index contributed by atoms with van der Waals surface area (Å²) in [7, 11) is 1.68. The van der Waals surface area contributed by atoms with Gasteiger partial charge in [-0.05, 0) is 60.5 Å². The molecule has 2 N–H and O–H groups in total. The molecule has 0 spiro atoms. The zero-order valence-corrected chi connectivity index (χ0v) is 18.8. The number of aromatic nitrogens is 1. The van der Waals surface area contributed by atoms with Crippen molar-refractivity contribution in [1.29, 1.82) is 0 Å². The maximum atomic E-state index is 11.1. The maximum absolute atomic E-state index is 11.1. The number of piperidine rings is 1. The van der Waals surface area contributed by atoms with Crippen molar-refractivity contribution >= 4 is 22.3 Å². The van der Waals surface area contributed by atoms with Crippen molar-refractivity contribution < 1.29 is 9.84 Å². The van der Waals surface area contributed by atoms with E-state index in [1.165, 1.54) is 5.56 Å². The lowest BCUT2D eigenvalue weighted by Crippen LogP contribution is -2.47. The number of aliphatic hydroxyl groups excluding tert-OH is 1. The Morgan fingerprint density at radius 1 is 1.00 bits per heavy atom. The predicted octanol–water partition coefficient (Wildman–Crippen LogP) is 5.28. The van der Waals surface area contributed by atoms with Gasteiger partial charge in [-0.15, -0.1) is 0 Å². The van der Waals surface area contributed by atoms with Gasteiger partial charge in [-0.1, -0.05) is 36.4 Å². The van der Waals surface area contributed by atoms with Crippen LogP contribution in [0, 0.1) is 5.92 Å². The average Bonchev–Trinajstić information content (AvgIpc) is 2.88. The number of hydrogen-bond donors (Lipinski definition) is 2. The fourth-order valence-corrected chi connectivity index (χ4v) is 4.77. The maximum Gasteiger partial charge on any atom is 0.119 e. The molecule has 1 fully saturated rings. The van der Waals surface area contributed by atoms with E-state index in [1.54, 1.807) is 7.11 Å². The Labute approximate surface area is 194 Å². The number of nitrogens with one attached hydrogen (secondary N) is 1. The summed E-state index contributed by atoms with van der Waals surface area (Å²) in [5.41, 5.74) is 4.32. The van der Waals surface area contributed by atoms with E-state index >= 15 is 0 Å². The molecule has 2 heterocycles. The second-order valence-electron chi connectivity index (χ2n) is 8.61. The molecule has 3 aromatic carbocycles. The molecule has 4 aromatic rings. The van der Waals surface area contributed by atoms with E-state index in [2.05, 4.69) is 69.8 Å². The minimum absolute atomic E-state index is 0.0212. The van der Waals surface area contributed by atoms with E-state index < -0.39 is 0 Å². The summed E-state index contributed by atoms with van der Waals surface area (Å²) in [6.45, 7) is 1.59. The molecule has 0 saturated carbocycles. The third-order valence-electron chi connectivity index (χ3n) is 6.57. The Bertz CT molecular complexity index is 1200. The molecule has 5 rings (SSSR count). The quantitative estimate of drug-likeness (QED) is 0.428. The molecular weight excluding hydrogens is 410 g/mol. The Morgan fingerprint density at radius 2 is 1.82 bits per heavy atom. The highest BCUT2D eigenvalue weighted by Crippen LogP contribution is 2.35. The van der Waals surface area contributed by atoms with Gasteiger partial charge in [0.2, 0.25) is 0 Å². The number of rotatable bonds is 6. The predicted molar refractivity (Wildman–Crippen MR) is 134 cm³/mol. The van der Waals surface area contributed by atoms with Gasteiger partial charge in [0, 0.05) is 42.0 Å². The number of nitrogens with zero attached hydrogens (tertiary/aromatic N) is 2. The molecular formula is C28H29N3O2. The molecule has 1 aromatic heterocycles. The van der Waals surface area contributed by atoms with Crippen LogP contribution in [0.3, 0.4) is 0 Å². The lowest BCUT2D eigenvalue weighted by molar-refractivity contribution is 0.0775. The lowest BCUT2D eigenvalue weighted by Gasteiger charge is -2.42. The van der Waals surface area contributed by atoms with Gasteiger partial charge in [-0.2, -0.15) is 0 Å². The third kappa shape index (κ3) is 4.64. The van der Waals surface area contributed by atoms with Crippen LogP contribution < -0.4 is 15.0 Å². The van der Waals surface area contributed by atoms with Gasteiger partial charge in [0.05, 0.1) is 24.8 Å². The molecule has 5 nitrogen and oxygen atoms in total. The number of pyridine rings is 1. The van der Waals surface area contributed by atoms with Crippen molar-refractivity contribution in [2.45, 2.75) is 18.6 Å². The standard InChI is InChI=1S/C28H29N3O2/c1-33-24-12-10-23(11-13-24)31-17-15-27(32)25(19-31)28(20-6-3-2-4-7-20)30-22-9-14-26-21(18-22)8-5-16-29-26/h2-14,16,18,25,27-28,30,32H,15,17,19H2,1H3/t25-,27-,28-/m1/s1. The number of ether oxygens (including phenoxy) is 1. The van der Waals surface area contributed by atoms with Crippen molar-refractivity contribution in [3.8, 4) is 5.75 Å². The minimum atomic E-state index is -0.390. The molecule has 0 radical (unpaired) electrons. The highest BCUT2D eigenvalue weighted by Gasteiger charge is 2.35. The first-order chi connectivity index (χ1) is 16.2. The van der Waals surface area contributed by atoms with E-state index in [0.29, 0.717) is 0 Å². The molecule has 168 valence electrons. The van der Waals surface area contributed by atoms with Crippen LogP contribution in [0.1, 0.15) is 18.0 Å². The van der Waals surface area contributed by atoms with Gasteiger partial charge in [0.25, 0.3) is 0 Å². The SMILES string of the molecule is COc1ccc(N2CC[C@@H](O)[C@H]([C@H](Nc3ccc4ncccc4c3)c3ccccc3)C2)cc1.